The minimum Gasteiger partial charge on any atom is -0.314 e. The molecule has 2 aromatic heterocycles. The Hall–Kier alpha value is -1.58. The second kappa shape index (κ2) is 6.04. The molecule has 5 heteroatoms. The van der Waals surface area contributed by atoms with Gasteiger partial charge >= 0.3 is 0 Å². The van der Waals surface area contributed by atoms with Crippen molar-refractivity contribution in [2.75, 3.05) is 0 Å². The summed E-state index contributed by atoms with van der Waals surface area (Å²) in [5, 5.41) is 0.720. The van der Waals surface area contributed by atoms with E-state index in [1.165, 1.54) is 0 Å². The summed E-state index contributed by atoms with van der Waals surface area (Å²) in [5.41, 5.74) is 2.76. The normalized spacial score (nSPS) is 11.1. The fraction of sp³-hybridized carbons (Fsp3) is 0.143. The van der Waals surface area contributed by atoms with Crippen LogP contribution in [-0.4, -0.2) is 14.5 Å². The number of pyridine rings is 1. The zero-order valence-electron chi connectivity index (χ0n) is 10.5. The van der Waals surface area contributed by atoms with E-state index in [1.807, 2.05) is 31.2 Å². The van der Waals surface area contributed by atoms with E-state index in [0.717, 1.165) is 17.0 Å². The maximum absolute atomic E-state index is 6.02. The lowest BCUT2D eigenvalue weighted by atomic mass is 10.1. The van der Waals surface area contributed by atoms with Crippen LogP contribution >= 0.6 is 23.2 Å². The average molecular weight is 294 g/mol. The highest BCUT2D eigenvalue weighted by Gasteiger charge is 2.08. The standard InChI is InChI=1S/C14H13Cl2N3/c1-3-5-10-6-7-11(18-12(10)4-2)8-19-9-17-13(15)14(19)16/h3-7,9H,2,8H2,1H3/b5-3-. The van der Waals surface area contributed by atoms with Crippen molar-refractivity contribution in [2.24, 2.45) is 0 Å². The molecule has 0 aliphatic carbocycles. The highest BCUT2D eigenvalue weighted by atomic mass is 35.5. The molecular weight excluding hydrogens is 281 g/mol. The largest absolute Gasteiger partial charge is 0.314 e. The molecule has 0 amide bonds. The number of allylic oxidation sites excluding steroid dienone is 1. The highest BCUT2D eigenvalue weighted by Crippen LogP contribution is 2.21. The maximum atomic E-state index is 6.02. The first-order chi connectivity index (χ1) is 9.15. The van der Waals surface area contributed by atoms with Crippen LogP contribution in [0.1, 0.15) is 23.9 Å². The molecule has 0 bridgehead atoms. The molecule has 0 aliphatic heterocycles. The zero-order chi connectivity index (χ0) is 13.8. The van der Waals surface area contributed by atoms with Crippen LogP contribution in [0.5, 0.6) is 0 Å². The molecule has 0 unspecified atom stereocenters. The van der Waals surface area contributed by atoms with Crippen LogP contribution in [-0.2, 0) is 6.54 Å². The predicted octanol–water partition coefficient (Wildman–Crippen LogP) is 4.31. The van der Waals surface area contributed by atoms with Crippen LogP contribution in [0.25, 0.3) is 12.2 Å². The lowest BCUT2D eigenvalue weighted by Crippen LogP contribution is -2.02. The third-order valence-corrected chi connectivity index (χ3v) is 3.39. The van der Waals surface area contributed by atoms with E-state index in [-0.39, 0.29) is 0 Å². The molecule has 0 fully saturated rings. The predicted molar refractivity (Wildman–Crippen MR) is 80.4 cm³/mol. The van der Waals surface area contributed by atoms with Crippen LogP contribution in [0.2, 0.25) is 10.3 Å². The van der Waals surface area contributed by atoms with Gasteiger partial charge in [-0.05, 0) is 24.6 Å². The first-order valence-electron chi connectivity index (χ1n) is 5.77. The molecule has 2 heterocycles. The van der Waals surface area contributed by atoms with Gasteiger partial charge in [-0.3, -0.25) is 4.98 Å². The first kappa shape index (κ1) is 13.8. The molecule has 0 aromatic carbocycles. The number of nitrogens with zero attached hydrogens (tertiary/aromatic N) is 3. The van der Waals surface area contributed by atoms with Crippen LogP contribution in [0.4, 0.5) is 0 Å². The number of hydrogen-bond donors (Lipinski definition) is 0. The maximum Gasteiger partial charge on any atom is 0.166 e. The second-order valence-corrected chi connectivity index (χ2v) is 4.65. The van der Waals surface area contributed by atoms with Gasteiger partial charge in [0, 0.05) is 0 Å². The van der Waals surface area contributed by atoms with Gasteiger partial charge in [-0.2, -0.15) is 0 Å². The van der Waals surface area contributed by atoms with Gasteiger partial charge in [0.2, 0.25) is 0 Å². The number of aromatic nitrogens is 3. The summed E-state index contributed by atoms with van der Waals surface area (Å²) in [5.74, 6) is 0. The summed E-state index contributed by atoms with van der Waals surface area (Å²) in [6.07, 6.45) is 7.30. The van der Waals surface area contributed by atoms with E-state index < -0.39 is 0 Å². The molecule has 2 rings (SSSR count). The van der Waals surface area contributed by atoms with E-state index in [1.54, 1.807) is 17.0 Å². The van der Waals surface area contributed by atoms with Gasteiger partial charge in [0.1, 0.15) is 5.15 Å². The monoisotopic (exact) mass is 293 g/mol. The number of rotatable bonds is 4. The summed E-state index contributed by atoms with van der Waals surface area (Å²) in [6, 6.07) is 3.96. The van der Waals surface area contributed by atoms with Gasteiger partial charge in [0.25, 0.3) is 0 Å². The van der Waals surface area contributed by atoms with Crippen molar-refractivity contribution in [1.29, 1.82) is 0 Å². The molecule has 3 nitrogen and oxygen atoms in total. The van der Waals surface area contributed by atoms with E-state index in [9.17, 15) is 0 Å². The molecule has 0 saturated heterocycles. The van der Waals surface area contributed by atoms with Gasteiger partial charge in [0.15, 0.2) is 5.15 Å². The first-order valence-corrected chi connectivity index (χ1v) is 6.52. The number of halogens is 2. The van der Waals surface area contributed by atoms with Crippen molar-refractivity contribution in [3.05, 3.63) is 58.4 Å². The van der Waals surface area contributed by atoms with Crippen LogP contribution in [0, 0.1) is 0 Å². The van der Waals surface area contributed by atoms with Crippen molar-refractivity contribution in [2.45, 2.75) is 13.5 Å². The number of hydrogen-bond acceptors (Lipinski definition) is 2. The molecule has 0 radical (unpaired) electrons. The molecule has 0 spiro atoms. The van der Waals surface area contributed by atoms with Crippen molar-refractivity contribution >= 4 is 35.4 Å². The Kier molecular flexibility index (Phi) is 4.40. The third kappa shape index (κ3) is 3.06. The lowest BCUT2D eigenvalue weighted by Gasteiger charge is -2.07. The molecule has 19 heavy (non-hydrogen) atoms. The van der Waals surface area contributed by atoms with E-state index in [2.05, 4.69) is 16.5 Å². The highest BCUT2D eigenvalue weighted by molar-refractivity contribution is 6.40. The van der Waals surface area contributed by atoms with E-state index in [4.69, 9.17) is 23.2 Å². The Morgan fingerprint density at radius 3 is 2.74 bits per heavy atom. The molecule has 2 aromatic rings. The van der Waals surface area contributed by atoms with E-state index in [0.29, 0.717) is 16.9 Å². The van der Waals surface area contributed by atoms with Gasteiger partial charge in [-0.15, -0.1) is 0 Å². The Morgan fingerprint density at radius 2 is 2.16 bits per heavy atom. The molecule has 0 saturated carbocycles. The SMILES string of the molecule is C=Cc1nc(Cn2cnc(Cl)c2Cl)ccc1/C=C\C. The Morgan fingerprint density at radius 1 is 1.37 bits per heavy atom. The van der Waals surface area contributed by atoms with Crippen molar-refractivity contribution in [1.82, 2.24) is 14.5 Å². The summed E-state index contributed by atoms with van der Waals surface area (Å²) in [7, 11) is 0. The van der Waals surface area contributed by atoms with Crippen molar-refractivity contribution in [3.63, 3.8) is 0 Å². The number of imidazole rings is 1. The van der Waals surface area contributed by atoms with Gasteiger partial charge in [0.05, 0.1) is 24.3 Å². The minimum absolute atomic E-state index is 0.302. The summed E-state index contributed by atoms with van der Waals surface area (Å²) in [6.45, 7) is 6.27. The fourth-order valence-electron chi connectivity index (χ4n) is 1.73. The summed E-state index contributed by atoms with van der Waals surface area (Å²) in [4.78, 5) is 8.48. The zero-order valence-corrected chi connectivity index (χ0v) is 12.0. The topological polar surface area (TPSA) is 30.7 Å². The van der Waals surface area contributed by atoms with Gasteiger partial charge in [-0.25, -0.2) is 4.98 Å². The lowest BCUT2D eigenvalue weighted by molar-refractivity contribution is 0.772. The van der Waals surface area contributed by atoms with Crippen LogP contribution in [0.15, 0.2) is 31.1 Å². The minimum atomic E-state index is 0.302. The van der Waals surface area contributed by atoms with Crippen LogP contribution in [0.3, 0.4) is 0 Å². The van der Waals surface area contributed by atoms with Crippen molar-refractivity contribution in [3.8, 4) is 0 Å². The average Bonchev–Trinajstić information content (AvgIpc) is 2.73. The summed E-state index contributed by atoms with van der Waals surface area (Å²) >= 11 is 11.8. The molecule has 98 valence electrons. The Balaban J connectivity index is 2.31. The quantitative estimate of drug-likeness (QED) is 0.841. The van der Waals surface area contributed by atoms with Crippen molar-refractivity contribution < 1.29 is 0 Å². The second-order valence-electron chi connectivity index (χ2n) is 3.94. The van der Waals surface area contributed by atoms with Gasteiger partial charge < -0.3 is 4.57 Å². The molecular formula is C14H13Cl2N3. The molecule has 0 N–H and O–H groups in total. The van der Waals surface area contributed by atoms with Crippen LogP contribution < -0.4 is 0 Å². The molecule has 0 atom stereocenters. The van der Waals surface area contributed by atoms with E-state index >= 15 is 0 Å². The Labute approximate surface area is 122 Å². The fourth-order valence-corrected chi connectivity index (χ4v) is 2.03. The smallest absolute Gasteiger partial charge is 0.166 e. The third-order valence-electron chi connectivity index (χ3n) is 2.62. The van der Waals surface area contributed by atoms with Gasteiger partial charge in [-0.1, -0.05) is 48.0 Å². The summed E-state index contributed by atoms with van der Waals surface area (Å²) < 4.78 is 1.74. The molecule has 0 aliphatic rings. The Bertz CT molecular complexity index is 630.